The zero-order chi connectivity index (χ0) is 20.2. The van der Waals surface area contributed by atoms with Crippen LogP contribution in [0.4, 0.5) is 4.79 Å². The fraction of sp³-hybridized carbons (Fsp3) is 0.0870. The molecule has 0 spiro atoms. The van der Waals surface area contributed by atoms with Crippen molar-refractivity contribution < 1.29 is 14.4 Å². The van der Waals surface area contributed by atoms with Crippen molar-refractivity contribution in [2.75, 3.05) is 13.1 Å². The summed E-state index contributed by atoms with van der Waals surface area (Å²) in [6.45, 7) is 0.325. The summed E-state index contributed by atoms with van der Waals surface area (Å²) in [5.41, 5.74) is 1.43. The Bertz CT molecular complexity index is 1120. The van der Waals surface area contributed by atoms with Crippen LogP contribution in [0.3, 0.4) is 0 Å². The van der Waals surface area contributed by atoms with Crippen LogP contribution in [0.15, 0.2) is 77.7 Å². The number of nitrogens with zero attached hydrogens (tertiary/aromatic N) is 1. The summed E-state index contributed by atoms with van der Waals surface area (Å²) in [5.74, 6) is -0.558. The molecule has 0 unspecified atom stereocenters. The number of rotatable bonds is 5. The molecule has 29 heavy (non-hydrogen) atoms. The Hall–Kier alpha value is -3.38. The summed E-state index contributed by atoms with van der Waals surface area (Å²) in [6.07, 6.45) is 1.71. The van der Waals surface area contributed by atoms with Crippen molar-refractivity contribution in [3.8, 4) is 0 Å². The molecule has 3 aromatic carbocycles. The van der Waals surface area contributed by atoms with Gasteiger partial charge in [0.05, 0.1) is 4.91 Å². The SMILES string of the molecule is O=C(NCCN1C(=O)SC(=Cc2ccccc2)C1=O)c1cccc2ccccc12. The predicted octanol–water partition coefficient (Wildman–Crippen LogP) is 4.31. The van der Waals surface area contributed by atoms with Crippen LogP contribution in [0.5, 0.6) is 0 Å². The molecule has 5 nitrogen and oxygen atoms in total. The fourth-order valence-corrected chi connectivity index (χ4v) is 4.06. The summed E-state index contributed by atoms with van der Waals surface area (Å²) in [7, 11) is 0. The van der Waals surface area contributed by atoms with Gasteiger partial charge < -0.3 is 5.32 Å². The number of carbonyl (C=O) groups excluding carboxylic acids is 3. The van der Waals surface area contributed by atoms with E-state index < -0.39 is 0 Å². The van der Waals surface area contributed by atoms with Crippen LogP contribution in [0.25, 0.3) is 16.8 Å². The molecule has 3 aromatic rings. The van der Waals surface area contributed by atoms with Crippen molar-refractivity contribution in [3.05, 3.63) is 88.8 Å². The lowest BCUT2D eigenvalue weighted by molar-refractivity contribution is -0.122. The average Bonchev–Trinajstić information content (AvgIpc) is 3.01. The summed E-state index contributed by atoms with van der Waals surface area (Å²) < 4.78 is 0. The molecule has 1 heterocycles. The highest BCUT2D eigenvalue weighted by Gasteiger charge is 2.34. The van der Waals surface area contributed by atoms with Gasteiger partial charge in [0.15, 0.2) is 0 Å². The molecule has 1 aliphatic heterocycles. The molecule has 144 valence electrons. The first kappa shape index (κ1) is 19.0. The quantitative estimate of drug-likeness (QED) is 0.646. The van der Waals surface area contributed by atoms with Crippen LogP contribution in [0.2, 0.25) is 0 Å². The van der Waals surface area contributed by atoms with Gasteiger partial charge in [-0.15, -0.1) is 0 Å². The van der Waals surface area contributed by atoms with E-state index in [2.05, 4.69) is 5.32 Å². The highest BCUT2D eigenvalue weighted by molar-refractivity contribution is 8.18. The second-order valence-corrected chi connectivity index (χ2v) is 7.52. The highest BCUT2D eigenvalue weighted by atomic mass is 32.2. The minimum Gasteiger partial charge on any atom is -0.350 e. The number of hydrogen-bond acceptors (Lipinski definition) is 4. The molecule has 3 amide bonds. The van der Waals surface area contributed by atoms with Gasteiger partial charge in [-0.2, -0.15) is 0 Å². The van der Waals surface area contributed by atoms with E-state index in [1.54, 1.807) is 12.1 Å². The first-order valence-electron chi connectivity index (χ1n) is 9.20. The standard InChI is InChI=1S/C23H18N2O3S/c26-21(19-12-6-10-17-9-4-5-11-18(17)19)24-13-14-25-22(27)20(29-23(25)28)15-16-7-2-1-3-8-16/h1-12,15H,13-14H2,(H,24,26). The lowest BCUT2D eigenvalue weighted by Crippen LogP contribution is -2.37. The van der Waals surface area contributed by atoms with Gasteiger partial charge in [0.25, 0.3) is 17.1 Å². The van der Waals surface area contributed by atoms with Gasteiger partial charge in [-0.3, -0.25) is 19.3 Å². The van der Waals surface area contributed by atoms with E-state index >= 15 is 0 Å². The summed E-state index contributed by atoms with van der Waals surface area (Å²) in [4.78, 5) is 38.9. The normalized spacial score (nSPS) is 15.3. The number of imide groups is 1. The molecule has 6 heteroatoms. The Morgan fingerprint density at radius 2 is 1.66 bits per heavy atom. The maximum Gasteiger partial charge on any atom is 0.293 e. The monoisotopic (exact) mass is 402 g/mol. The number of fused-ring (bicyclic) bond motifs is 1. The zero-order valence-corrected chi connectivity index (χ0v) is 16.3. The summed E-state index contributed by atoms with van der Waals surface area (Å²) >= 11 is 0.920. The molecule has 0 atom stereocenters. The van der Waals surface area contributed by atoms with Crippen LogP contribution in [-0.4, -0.2) is 35.0 Å². The molecular weight excluding hydrogens is 384 g/mol. The van der Waals surface area contributed by atoms with Crippen molar-refractivity contribution in [1.29, 1.82) is 0 Å². The van der Waals surface area contributed by atoms with E-state index in [1.807, 2.05) is 66.7 Å². The van der Waals surface area contributed by atoms with Crippen molar-refractivity contribution in [2.45, 2.75) is 0 Å². The third kappa shape index (κ3) is 4.07. The Balaban J connectivity index is 1.40. The van der Waals surface area contributed by atoms with Gasteiger partial charge in [-0.1, -0.05) is 66.7 Å². The minimum absolute atomic E-state index is 0.132. The summed E-state index contributed by atoms with van der Waals surface area (Å²) in [5, 5.41) is 4.34. The van der Waals surface area contributed by atoms with Gasteiger partial charge >= 0.3 is 0 Å². The molecule has 0 bridgehead atoms. The molecular formula is C23H18N2O3S. The van der Waals surface area contributed by atoms with Crippen LogP contribution in [-0.2, 0) is 4.79 Å². The van der Waals surface area contributed by atoms with Crippen molar-refractivity contribution in [1.82, 2.24) is 10.2 Å². The fourth-order valence-electron chi connectivity index (χ4n) is 3.19. The maximum absolute atomic E-state index is 12.6. The molecule has 0 saturated carbocycles. The lowest BCUT2D eigenvalue weighted by atomic mass is 10.0. The zero-order valence-electron chi connectivity index (χ0n) is 15.5. The maximum atomic E-state index is 12.6. The topological polar surface area (TPSA) is 66.5 Å². The van der Waals surface area contributed by atoms with Crippen LogP contribution in [0, 0.1) is 0 Å². The first-order chi connectivity index (χ1) is 14.1. The van der Waals surface area contributed by atoms with E-state index in [1.165, 1.54) is 4.90 Å². The molecule has 1 N–H and O–H groups in total. The van der Waals surface area contributed by atoms with Gasteiger partial charge in [-0.05, 0) is 40.2 Å². The number of hydrogen-bond donors (Lipinski definition) is 1. The highest BCUT2D eigenvalue weighted by Crippen LogP contribution is 2.31. The van der Waals surface area contributed by atoms with Gasteiger partial charge in [0.2, 0.25) is 0 Å². The van der Waals surface area contributed by atoms with Crippen molar-refractivity contribution in [2.24, 2.45) is 0 Å². The molecule has 1 saturated heterocycles. The van der Waals surface area contributed by atoms with E-state index in [-0.39, 0.29) is 30.1 Å². The van der Waals surface area contributed by atoms with E-state index in [0.717, 1.165) is 28.1 Å². The molecule has 0 aliphatic carbocycles. The summed E-state index contributed by atoms with van der Waals surface area (Å²) in [6, 6.07) is 22.6. The second-order valence-electron chi connectivity index (χ2n) is 6.53. The number of nitrogens with one attached hydrogen (secondary N) is 1. The molecule has 0 radical (unpaired) electrons. The molecule has 0 aromatic heterocycles. The second kappa shape index (κ2) is 8.32. The van der Waals surface area contributed by atoms with Crippen LogP contribution < -0.4 is 5.32 Å². The number of amides is 3. The Labute approximate surface area is 172 Å². The first-order valence-corrected chi connectivity index (χ1v) is 10.0. The Morgan fingerprint density at radius 1 is 0.931 bits per heavy atom. The Morgan fingerprint density at radius 3 is 2.48 bits per heavy atom. The average molecular weight is 402 g/mol. The number of carbonyl (C=O) groups is 3. The van der Waals surface area contributed by atoms with E-state index in [9.17, 15) is 14.4 Å². The van der Waals surface area contributed by atoms with E-state index in [4.69, 9.17) is 0 Å². The number of thioether (sulfide) groups is 1. The van der Waals surface area contributed by atoms with Crippen LogP contribution in [0.1, 0.15) is 15.9 Å². The largest absolute Gasteiger partial charge is 0.350 e. The smallest absolute Gasteiger partial charge is 0.293 e. The molecule has 1 fully saturated rings. The minimum atomic E-state index is -0.330. The Kier molecular flexibility index (Phi) is 5.44. The number of benzene rings is 3. The van der Waals surface area contributed by atoms with Gasteiger partial charge in [0.1, 0.15) is 0 Å². The van der Waals surface area contributed by atoms with Crippen molar-refractivity contribution >= 4 is 45.7 Å². The van der Waals surface area contributed by atoms with Gasteiger partial charge in [0, 0.05) is 18.7 Å². The van der Waals surface area contributed by atoms with Crippen LogP contribution >= 0.6 is 11.8 Å². The predicted molar refractivity (Wildman–Crippen MR) is 115 cm³/mol. The third-order valence-corrected chi connectivity index (χ3v) is 5.53. The van der Waals surface area contributed by atoms with E-state index in [0.29, 0.717) is 10.5 Å². The lowest BCUT2D eigenvalue weighted by Gasteiger charge is -2.13. The molecule has 4 rings (SSSR count). The van der Waals surface area contributed by atoms with Crippen molar-refractivity contribution in [3.63, 3.8) is 0 Å². The van der Waals surface area contributed by atoms with Gasteiger partial charge in [-0.25, -0.2) is 0 Å². The molecule has 1 aliphatic rings. The third-order valence-electron chi connectivity index (χ3n) is 4.63.